The van der Waals surface area contributed by atoms with Crippen LogP contribution in [0.15, 0.2) is 17.5 Å². The third-order valence-corrected chi connectivity index (χ3v) is 4.21. The Morgan fingerprint density at radius 1 is 1.36 bits per heavy atom. The molecular formula is C11H18N2S. The Bertz CT molecular complexity index is 273. The topological polar surface area (TPSA) is 15.3 Å². The number of thiophene rings is 1. The fourth-order valence-electron chi connectivity index (χ4n) is 2.01. The molecule has 1 saturated heterocycles. The first-order chi connectivity index (χ1) is 6.71. The smallest absolute Gasteiger partial charge is 0.0498 e. The largest absolute Gasteiger partial charge is 0.314 e. The van der Waals surface area contributed by atoms with E-state index < -0.39 is 0 Å². The summed E-state index contributed by atoms with van der Waals surface area (Å²) in [6.07, 6.45) is 0. The molecule has 2 heterocycles. The highest BCUT2D eigenvalue weighted by atomic mass is 32.1. The van der Waals surface area contributed by atoms with Crippen LogP contribution in [0.25, 0.3) is 0 Å². The van der Waals surface area contributed by atoms with Gasteiger partial charge in [-0.25, -0.2) is 0 Å². The van der Waals surface area contributed by atoms with E-state index in [1.807, 2.05) is 11.3 Å². The molecule has 1 aliphatic rings. The monoisotopic (exact) mass is 210 g/mol. The number of hydrogen-bond acceptors (Lipinski definition) is 3. The molecule has 78 valence electrons. The third kappa shape index (κ3) is 1.85. The van der Waals surface area contributed by atoms with Crippen LogP contribution in [0, 0.1) is 0 Å². The Kier molecular flexibility index (Phi) is 2.91. The van der Waals surface area contributed by atoms with Crippen molar-refractivity contribution in [1.82, 2.24) is 10.2 Å². The van der Waals surface area contributed by atoms with Gasteiger partial charge in [-0.05, 0) is 25.3 Å². The summed E-state index contributed by atoms with van der Waals surface area (Å²) in [6, 6.07) is 4.39. The third-order valence-electron chi connectivity index (χ3n) is 3.03. The maximum Gasteiger partial charge on any atom is 0.0498 e. The van der Waals surface area contributed by atoms with Gasteiger partial charge in [0.15, 0.2) is 0 Å². The number of hydrogen-bond donors (Lipinski definition) is 1. The first-order valence-electron chi connectivity index (χ1n) is 5.21. The zero-order chi connectivity index (χ0) is 10.0. The lowest BCUT2D eigenvalue weighted by molar-refractivity contribution is 0.106. The van der Waals surface area contributed by atoms with Gasteiger partial charge in [0, 0.05) is 36.6 Å². The van der Waals surface area contributed by atoms with Crippen molar-refractivity contribution in [3.63, 3.8) is 0 Å². The molecule has 1 aromatic heterocycles. The molecule has 1 aromatic rings. The predicted octanol–water partition coefficient (Wildman–Crippen LogP) is 1.89. The number of rotatable bonds is 2. The standard InChI is InChI=1S/C11H18N2S/c1-11(2,10-4-3-9-14-10)13-7-5-12-6-8-13/h3-4,9,12H,5-8H2,1-2H3. The van der Waals surface area contributed by atoms with Gasteiger partial charge in [0.1, 0.15) is 0 Å². The molecule has 1 aliphatic heterocycles. The van der Waals surface area contributed by atoms with Crippen molar-refractivity contribution in [3.05, 3.63) is 22.4 Å². The average molecular weight is 210 g/mol. The SMILES string of the molecule is CC(C)(c1cccs1)N1CCNCC1. The van der Waals surface area contributed by atoms with Gasteiger partial charge in [-0.3, -0.25) is 4.90 Å². The lowest BCUT2D eigenvalue weighted by Crippen LogP contribution is -2.51. The molecule has 0 radical (unpaired) electrons. The van der Waals surface area contributed by atoms with Gasteiger partial charge in [-0.1, -0.05) is 6.07 Å². The van der Waals surface area contributed by atoms with E-state index in [1.54, 1.807) is 0 Å². The van der Waals surface area contributed by atoms with E-state index in [4.69, 9.17) is 0 Å². The fourth-order valence-corrected chi connectivity index (χ4v) is 2.88. The van der Waals surface area contributed by atoms with Crippen LogP contribution < -0.4 is 5.32 Å². The first-order valence-corrected chi connectivity index (χ1v) is 6.09. The normalized spacial score (nSPS) is 19.9. The van der Waals surface area contributed by atoms with Crippen LogP contribution in [0.4, 0.5) is 0 Å². The molecule has 2 nitrogen and oxygen atoms in total. The quantitative estimate of drug-likeness (QED) is 0.802. The average Bonchev–Trinajstić information content (AvgIpc) is 2.72. The van der Waals surface area contributed by atoms with Crippen LogP contribution in [0.1, 0.15) is 18.7 Å². The highest BCUT2D eigenvalue weighted by molar-refractivity contribution is 7.10. The summed E-state index contributed by atoms with van der Waals surface area (Å²) in [5.74, 6) is 0. The van der Waals surface area contributed by atoms with Crippen LogP contribution in [0.3, 0.4) is 0 Å². The van der Waals surface area contributed by atoms with Crippen LogP contribution >= 0.6 is 11.3 Å². The molecule has 1 N–H and O–H groups in total. The fraction of sp³-hybridized carbons (Fsp3) is 0.636. The highest BCUT2D eigenvalue weighted by Crippen LogP contribution is 2.31. The van der Waals surface area contributed by atoms with Crippen LogP contribution in [-0.4, -0.2) is 31.1 Å². The second-order valence-electron chi connectivity index (χ2n) is 4.27. The van der Waals surface area contributed by atoms with Gasteiger partial charge in [-0.2, -0.15) is 0 Å². The van der Waals surface area contributed by atoms with Gasteiger partial charge in [0.05, 0.1) is 0 Å². The summed E-state index contributed by atoms with van der Waals surface area (Å²) < 4.78 is 0. The summed E-state index contributed by atoms with van der Waals surface area (Å²) in [5.41, 5.74) is 0.205. The van der Waals surface area contributed by atoms with Crippen molar-refractivity contribution >= 4 is 11.3 Å². The van der Waals surface area contributed by atoms with Gasteiger partial charge < -0.3 is 5.32 Å². The van der Waals surface area contributed by atoms with E-state index in [-0.39, 0.29) is 5.54 Å². The van der Waals surface area contributed by atoms with Gasteiger partial charge in [-0.15, -0.1) is 11.3 Å². The van der Waals surface area contributed by atoms with Crippen LogP contribution in [-0.2, 0) is 5.54 Å². The molecule has 2 rings (SSSR count). The van der Waals surface area contributed by atoms with Crippen LogP contribution in [0.5, 0.6) is 0 Å². The predicted molar refractivity (Wildman–Crippen MR) is 61.8 cm³/mol. The molecule has 0 aliphatic carbocycles. The Morgan fingerprint density at radius 3 is 2.64 bits per heavy atom. The van der Waals surface area contributed by atoms with Crippen molar-refractivity contribution in [1.29, 1.82) is 0 Å². The minimum absolute atomic E-state index is 0.205. The molecule has 0 amide bonds. The number of piperazine rings is 1. The number of nitrogens with one attached hydrogen (secondary N) is 1. The molecular weight excluding hydrogens is 192 g/mol. The van der Waals surface area contributed by atoms with Crippen molar-refractivity contribution < 1.29 is 0 Å². The molecule has 0 atom stereocenters. The van der Waals surface area contributed by atoms with Crippen molar-refractivity contribution in [2.75, 3.05) is 26.2 Å². The molecule has 0 aromatic carbocycles. The number of nitrogens with zero attached hydrogens (tertiary/aromatic N) is 1. The Balaban J connectivity index is 2.14. The Morgan fingerprint density at radius 2 is 2.07 bits per heavy atom. The van der Waals surface area contributed by atoms with E-state index in [1.165, 1.54) is 4.88 Å². The van der Waals surface area contributed by atoms with Gasteiger partial charge in [0.25, 0.3) is 0 Å². The van der Waals surface area contributed by atoms with E-state index in [2.05, 4.69) is 41.6 Å². The molecule has 0 spiro atoms. The zero-order valence-electron chi connectivity index (χ0n) is 8.92. The minimum atomic E-state index is 0.205. The highest BCUT2D eigenvalue weighted by Gasteiger charge is 2.30. The zero-order valence-corrected chi connectivity index (χ0v) is 9.73. The maximum atomic E-state index is 3.39. The van der Waals surface area contributed by atoms with E-state index >= 15 is 0 Å². The van der Waals surface area contributed by atoms with Crippen molar-refractivity contribution in [2.45, 2.75) is 19.4 Å². The molecule has 0 bridgehead atoms. The van der Waals surface area contributed by atoms with Crippen molar-refractivity contribution in [2.24, 2.45) is 0 Å². The second-order valence-corrected chi connectivity index (χ2v) is 5.22. The molecule has 14 heavy (non-hydrogen) atoms. The molecule has 0 unspecified atom stereocenters. The summed E-state index contributed by atoms with van der Waals surface area (Å²) in [4.78, 5) is 4.04. The summed E-state index contributed by atoms with van der Waals surface area (Å²) >= 11 is 1.86. The Hall–Kier alpha value is -0.380. The van der Waals surface area contributed by atoms with Crippen molar-refractivity contribution in [3.8, 4) is 0 Å². The Labute approximate surface area is 89.9 Å². The van der Waals surface area contributed by atoms with Crippen LogP contribution in [0.2, 0.25) is 0 Å². The minimum Gasteiger partial charge on any atom is -0.314 e. The maximum absolute atomic E-state index is 3.39. The lowest BCUT2D eigenvalue weighted by atomic mass is 10.00. The van der Waals surface area contributed by atoms with E-state index in [0.29, 0.717) is 0 Å². The molecule has 3 heteroatoms. The van der Waals surface area contributed by atoms with E-state index in [0.717, 1.165) is 26.2 Å². The lowest BCUT2D eigenvalue weighted by Gasteiger charge is -2.40. The summed E-state index contributed by atoms with van der Waals surface area (Å²) in [6.45, 7) is 9.20. The molecule has 1 fully saturated rings. The van der Waals surface area contributed by atoms with Gasteiger partial charge >= 0.3 is 0 Å². The second kappa shape index (κ2) is 4.01. The van der Waals surface area contributed by atoms with E-state index in [9.17, 15) is 0 Å². The molecule has 0 saturated carbocycles. The summed E-state index contributed by atoms with van der Waals surface area (Å²) in [5, 5.41) is 5.56. The first kappa shape index (κ1) is 10.1. The van der Waals surface area contributed by atoms with Gasteiger partial charge in [0.2, 0.25) is 0 Å². The summed E-state index contributed by atoms with van der Waals surface area (Å²) in [7, 11) is 0.